The molecule has 7 heteroatoms. The van der Waals surface area contributed by atoms with Crippen LogP contribution in [0.25, 0.3) is 0 Å². The number of hydrogen-bond acceptors (Lipinski definition) is 6. The third-order valence-electron chi connectivity index (χ3n) is 2.65. The van der Waals surface area contributed by atoms with Gasteiger partial charge in [0.25, 0.3) is 0 Å². The lowest BCUT2D eigenvalue weighted by Crippen LogP contribution is -2.50. The third kappa shape index (κ3) is 4.71. The van der Waals surface area contributed by atoms with Gasteiger partial charge in [-0.25, -0.2) is 9.59 Å². The molecule has 2 atom stereocenters. The molecule has 0 unspecified atom stereocenters. The summed E-state index contributed by atoms with van der Waals surface area (Å²) in [5.74, 6) is -0.836. The van der Waals surface area contributed by atoms with Crippen LogP contribution >= 0.6 is 11.3 Å². The molecule has 0 aliphatic rings. The van der Waals surface area contributed by atoms with Gasteiger partial charge in [-0.05, 0) is 39.1 Å². The molecule has 0 aliphatic heterocycles. The number of aliphatic hydroxyl groups is 1. The fraction of sp³-hybridized carbons (Fsp3) is 0.571. The number of amides is 1. The van der Waals surface area contributed by atoms with Crippen molar-refractivity contribution >= 4 is 23.4 Å². The van der Waals surface area contributed by atoms with Gasteiger partial charge in [0, 0.05) is 4.88 Å². The number of thiophene rings is 1. The number of nitrogens with one attached hydrogen (secondary N) is 1. The first-order valence-corrected chi connectivity index (χ1v) is 7.29. The van der Waals surface area contributed by atoms with E-state index in [-0.39, 0.29) is 0 Å². The van der Waals surface area contributed by atoms with E-state index in [9.17, 15) is 14.7 Å². The summed E-state index contributed by atoms with van der Waals surface area (Å²) in [7, 11) is 1.18. The van der Waals surface area contributed by atoms with Crippen molar-refractivity contribution in [1.29, 1.82) is 0 Å². The first-order valence-electron chi connectivity index (χ1n) is 6.41. The second-order valence-corrected chi connectivity index (χ2v) is 6.71. The zero-order valence-electron chi connectivity index (χ0n) is 12.8. The number of alkyl carbamates (subject to hydrolysis) is 1. The van der Waals surface area contributed by atoms with Crippen LogP contribution in [-0.4, -0.2) is 35.5 Å². The highest BCUT2D eigenvalue weighted by Gasteiger charge is 2.43. The average Bonchev–Trinajstić information content (AvgIpc) is 2.85. The molecule has 0 aliphatic carbocycles. The smallest absolute Gasteiger partial charge is 0.408 e. The van der Waals surface area contributed by atoms with Crippen molar-refractivity contribution in [1.82, 2.24) is 5.32 Å². The Bertz CT molecular complexity index is 490. The van der Waals surface area contributed by atoms with E-state index in [1.165, 1.54) is 25.4 Å². The lowest BCUT2D eigenvalue weighted by atomic mass is 9.95. The lowest BCUT2D eigenvalue weighted by Gasteiger charge is -2.31. The summed E-state index contributed by atoms with van der Waals surface area (Å²) in [5.41, 5.74) is -2.59. The van der Waals surface area contributed by atoms with E-state index in [0.29, 0.717) is 4.88 Å². The number of carbonyl (C=O) groups is 2. The SMILES string of the molecule is COC(=O)[C@](C)(O)[C@H](NC(=O)OC(C)(C)C)c1cccs1. The summed E-state index contributed by atoms with van der Waals surface area (Å²) in [6.45, 7) is 6.47. The van der Waals surface area contributed by atoms with Crippen molar-refractivity contribution in [3.8, 4) is 0 Å². The molecule has 0 spiro atoms. The van der Waals surface area contributed by atoms with E-state index in [4.69, 9.17) is 4.74 Å². The number of esters is 1. The monoisotopic (exact) mass is 315 g/mol. The molecule has 0 saturated heterocycles. The van der Waals surface area contributed by atoms with Crippen LogP contribution < -0.4 is 5.32 Å². The van der Waals surface area contributed by atoms with Crippen LogP contribution in [0.1, 0.15) is 38.6 Å². The molecule has 0 aromatic carbocycles. The van der Waals surface area contributed by atoms with Crippen LogP contribution in [0.3, 0.4) is 0 Å². The number of hydrogen-bond donors (Lipinski definition) is 2. The molecule has 1 aromatic heterocycles. The highest BCUT2D eigenvalue weighted by molar-refractivity contribution is 7.10. The van der Waals surface area contributed by atoms with Gasteiger partial charge in [-0.2, -0.15) is 0 Å². The highest BCUT2D eigenvalue weighted by Crippen LogP contribution is 2.30. The minimum atomic E-state index is -1.91. The van der Waals surface area contributed by atoms with E-state index < -0.39 is 29.3 Å². The number of carbonyl (C=O) groups excluding carboxylic acids is 2. The van der Waals surface area contributed by atoms with E-state index in [1.54, 1.807) is 38.3 Å². The maximum absolute atomic E-state index is 11.9. The molecule has 0 saturated carbocycles. The van der Waals surface area contributed by atoms with Crippen molar-refractivity contribution < 1.29 is 24.2 Å². The third-order valence-corrected chi connectivity index (χ3v) is 3.59. The molecule has 1 aromatic rings. The van der Waals surface area contributed by atoms with Gasteiger partial charge in [0.1, 0.15) is 11.6 Å². The first-order chi connectivity index (χ1) is 9.58. The van der Waals surface area contributed by atoms with Crippen molar-refractivity contribution in [2.75, 3.05) is 7.11 Å². The molecule has 118 valence electrons. The molecule has 1 rings (SSSR count). The fourth-order valence-electron chi connectivity index (χ4n) is 1.69. The molecule has 1 heterocycles. The second kappa shape index (κ2) is 6.44. The van der Waals surface area contributed by atoms with Crippen molar-refractivity contribution in [2.24, 2.45) is 0 Å². The Labute approximate surface area is 128 Å². The minimum Gasteiger partial charge on any atom is -0.467 e. The summed E-state index contributed by atoms with van der Waals surface area (Å²) in [5, 5.41) is 14.7. The van der Waals surface area contributed by atoms with Gasteiger partial charge in [-0.3, -0.25) is 0 Å². The van der Waals surface area contributed by atoms with Gasteiger partial charge in [0.2, 0.25) is 0 Å². The summed E-state index contributed by atoms with van der Waals surface area (Å²) < 4.78 is 9.77. The topological polar surface area (TPSA) is 84.9 Å². The maximum atomic E-state index is 11.9. The average molecular weight is 315 g/mol. The lowest BCUT2D eigenvalue weighted by molar-refractivity contribution is -0.163. The normalized spacial score (nSPS) is 15.7. The second-order valence-electron chi connectivity index (χ2n) is 5.73. The zero-order valence-corrected chi connectivity index (χ0v) is 13.6. The number of rotatable bonds is 4. The van der Waals surface area contributed by atoms with Gasteiger partial charge >= 0.3 is 12.1 Å². The summed E-state index contributed by atoms with van der Waals surface area (Å²) in [6.07, 6.45) is -0.718. The maximum Gasteiger partial charge on any atom is 0.408 e. The fourth-order valence-corrected chi connectivity index (χ4v) is 2.59. The standard InChI is InChI=1S/C14H21NO5S/c1-13(2,3)20-12(17)15-10(9-7-6-8-21-9)14(4,18)11(16)19-5/h6-8,10,18H,1-5H3,(H,15,17)/t10-,14-/m1/s1. The van der Waals surface area contributed by atoms with E-state index in [2.05, 4.69) is 10.1 Å². The molecule has 6 nitrogen and oxygen atoms in total. The molecule has 2 N–H and O–H groups in total. The van der Waals surface area contributed by atoms with E-state index in [1.807, 2.05) is 0 Å². The molecule has 1 amide bonds. The summed E-state index contributed by atoms with van der Waals surface area (Å²) in [4.78, 5) is 24.3. The molecule has 0 radical (unpaired) electrons. The largest absolute Gasteiger partial charge is 0.467 e. The van der Waals surface area contributed by atoms with Crippen molar-refractivity contribution in [3.05, 3.63) is 22.4 Å². The van der Waals surface area contributed by atoms with Crippen LogP contribution in [0.2, 0.25) is 0 Å². The van der Waals surface area contributed by atoms with Crippen molar-refractivity contribution in [2.45, 2.75) is 44.9 Å². The highest BCUT2D eigenvalue weighted by atomic mass is 32.1. The van der Waals surface area contributed by atoms with E-state index >= 15 is 0 Å². The number of ether oxygens (including phenoxy) is 2. The first kappa shape index (κ1) is 17.5. The predicted molar refractivity (Wildman–Crippen MR) is 79.1 cm³/mol. The Morgan fingerprint density at radius 3 is 2.38 bits per heavy atom. The van der Waals surface area contributed by atoms with E-state index in [0.717, 1.165) is 0 Å². The van der Waals surface area contributed by atoms with Crippen LogP contribution in [0, 0.1) is 0 Å². The predicted octanol–water partition coefficient (Wildman–Crippen LogP) is 2.24. The number of methoxy groups -OCH3 is 1. The molecule has 0 fully saturated rings. The van der Waals surface area contributed by atoms with Gasteiger partial charge < -0.3 is 19.9 Å². The molecular weight excluding hydrogens is 294 g/mol. The molecular formula is C14H21NO5S. The van der Waals surface area contributed by atoms with Crippen LogP contribution in [0.5, 0.6) is 0 Å². The molecule has 21 heavy (non-hydrogen) atoms. The van der Waals surface area contributed by atoms with Gasteiger partial charge in [0.15, 0.2) is 5.60 Å². The van der Waals surface area contributed by atoms with Gasteiger partial charge in [0.05, 0.1) is 7.11 Å². The van der Waals surface area contributed by atoms with Crippen molar-refractivity contribution in [3.63, 3.8) is 0 Å². The summed E-state index contributed by atoms with van der Waals surface area (Å²) >= 11 is 1.31. The Balaban J connectivity index is 3.00. The Kier molecular flexibility index (Phi) is 5.36. The summed E-state index contributed by atoms with van der Waals surface area (Å²) in [6, 6.07) is 2.51. The quantitative estimate of drug-likeness (QED) is 0.832. The molecule has 0 bridgehead atoms. The minimum absolute atomic E-state index is 0.622. The Morgan fingerprint density at radius 2 is 1.95 bits per heavy atom. The van der Waals surface area contributed by atoms with Crippen LogP contribution in [0.15, 0.2) is 17.5 Å². The Morgan fingerprint density at radius 1 is 1.33 bits per heavy atom. The van der Waals surface area contributed by atoms with Gasteiger partial charge in [-0.1, -0.05) is 6.07 Å². The van der Waals surface area contributed by atoms with Crippen LogP contribution in [-0.2, 0) is 14.3 Å². The van der Waals surface area contributed by atoms with Crippen LogP contribution in [0.4, 0.5) is 4.79 Å². The van der Waals surface area contributed by atoms with Gasteiger partial charge in [-0.15, -0.1) is 11.3 Å². The Hall–Kier alpha value is -1.60. The zero-order chi connectivity index (χ0) is 16.3.